The van der Waals surface area contributed by atoms with Gasteiger partial charge in [0.25, 0.3) is 0 Å². The molecule has 3 aromatic carbocycles. The minimum absolute atomic E-state index is 0.0475. The van der Waals surface area contributed by atoms with Crippen molar-refractivity contribution in [1.29, 1.82) is 0 Å². The lowest BCUT2D eigenvalue weighted by molar-refractivity contribution is -0.137. The largest absolute Gasteiger partial charge is 0.496 e. The summed E-state index contributed by atoms with van der Waals surface area (Å²) in [6, 6.07) is 10.2. The molecule has 5 rings (SSSR count). The SMILES string of the molecule is COc1cc(OC)c2c(=O)c(OCCCCN3CCN(S(=O)(=O)c4cccc(C(F)(F)F)c4)CC3)c(-c3cc(OC)c(OC)c(OC)c3)oc2c1. The molecule has 0 N–H and O–H groups in total. The zero-order valence-electron chi connectivity index (χ0n) is 28.8. The molecular formula is C35H39F3N2O10S. The van der Waals surface area contributed by atoms with Gasteiger partial charge in [-0.3, -0.25) is 4.79 Å². The van der Waals surface area contributed by atoms with Crippen LogP contribution in [0.5, 0.6) is 34.5 Å². The zero-order valence-corrected chi connectivity index (χ0v) is 29.6. The van der Waals surface area contributed by atoms with E-state index >= 15 is 0 Å². The average Bonchev–Trinajstić information content (AvgIpc) is 3.13. The predicted molar refractivity (Wildman–Crippen MR) is 182 cm³/mol. The number of unbranched alkanes of at least 4 members (excludes halogenated alkanes) is 1. The van der Waals surface area contributed by atoms with Crippen molar-refractivity contribution in [3.63, 3.8) is 0 Å². The van der Waals surface area contributed by atoms with Crippen LogP contribution in [-0.2, 0) is 16.2 Å². The van der Waals surface area contributed by atoms with Gasteiger partial charge in [0, 0.05) is 43.9 Å². The monoisotopic (exact) mass is 736 g/mol. The number of nitrogens with zero attached hydrogens (tertiary/aromatic N) is 2. The molecule has 0 radical (unpaired) electrons. The summed E-state index contributed by atoms with van der Waals surface area (Å²) in [5.41, 5.74) is -0.835. The fourth-order valence-electron chi connectivity index (χ4n) is 5.84. The number of ether oxygens (including phenoxy) is 6. The highest BCUT2D eigenvalue weighted by atomic mass is 32.2. The summed E-state index contributed by atoms with van der Waals surface area (Å²) in [6.45, 7) is 1.84. The second-order valence-electron chi connectivity index (χ2n) is 11.5. The van der Waals surface area contributed by atoms with E-state index in [1.54, 1.807) is 24.3 Å². The van der Waals surface area contributed by atoms with Crippen molar-refractivity contribution in [2.75, 3.05) is 74.9 Å². The van der Waals surface area contributed by atoms with Crippen LogP contribution in [0.3, 0.4) is 0 Å². The predicted octanol–water partition coefficient (Wildman–Crippen LogP) is 5.69. The number of fused-ring (bicyclic) bond motifs is 1. The average molecular weight is 737 g/mol. The van der Waals surface area contributed by atoms with Gasteiger partial charge in [0.2, 0.25) is 27.0 Å². The lowest BCUT2D eigenvalue weighted by Crippen LogP contribution is -2.48. The second kappa shape index (κ2) is 15.7. The number of rotatable bonds is 14. The van der Waals surface area contributed by atoms with E-state index in [1.807, 2.05) is 0 Å². The maximum Gasteiger partial charge on any atom is 0.416 e. The maximum atomic E-state index is 14.0. The van der Waals surface area contributed by atoms with Crippen molar-refractivity contribution in [2.24, 2.45) is 0 Å². The van der Waals surface area contributed by atoms with Crippen LogP contribution < -0.4 is 33.8 Å². The summed E-state index contributed by atoms with van der Waals surface area (Å²) in [5, 5.41) is 0.169. The Morgan fingerprint density at radius 3 is 2.04 bits per heavy atom. The van der Waals surface area contributed by atoms with Crippen molar-refractivity contribution in [2.45, 2.75) is 23.9 Å². The van der Waals surface area contributed by atoms with Crippen molar-refractivity contribution < 1.29 is 54.4 Å². The van der Waals surface area contributed by atoms with Gasteiger partial charge in [0.1, 0.15) is 22.5 Å². The Balaban J connectivity index is 1.30. The Morgan fingerprint density at radius 1 is 0.784 bits per heavy atom. The first kappa shape index (κ1) is 37.6. The summed E-state index contributed by atoms with van der Waals surface area (Å²) in [6.07, 6.45) is -3.46. The van der Waals surface area contributed by atoms with Crippen LogP contribution in [0.15, 0.2) is 62.6 Å². The molecule has 12 nitrogen and oxygen atoms in total. The van der Waals surface area contributed by atoms with Crippen LogP contribution in [0.2, 0.25) is 0 Å². The Labute approximate surface area is 293 Å². The first-order valence-electron chi connectivity index (χ1n) is 15.9. The van der Waals surface area contributed by atoms with Crippen LogP contribution >= 0.6 is 0 Å². The summed E-state index contributed by atoms with van der Waals surface area (Å²) in [7, 11) is 3.25. The van der Waals surface area contributed by atoms with Gasteiger partial charge in [-0.2, -0.15) is 17.5 Å². The number of hydrogen-bond donors (Lipinski definition) is 0. The second-order valence-corrected chi connectivity index (χ2v) is 13.5. The van der Waals surface area contributed by atoms with Crippen LogP contribution in [0, 0.1) is 0 Å². The third kappa shape index (κ3) is 7.97. The van der Waals surface area contributed by atoms with Gasteiger partial charge in [0.15, 0.2) is 17.3 Å². The third-order valence-electron chi connectivity index (χ3n) is 8.52. The molecule has 276 valence electrons. The smallest absolute Gasteiger partial charge is 0.416 e. The highest BCUT2D eigenvalue weighted by Gasteiger charge is 2.34. The molecule has 1 aliphatic rings. The van der Waals surface area contributed by atoms with Crippen molar-refractivity contribution in [3.8, 4) is 45.8 Å². The topological polar surface area (TPSA) is 126 Å². The first-order chi connectivity index (χ1) is 24.4. The van der Waals surface area contributed by atoms with E-state index < -0.39 is 27.2 Å². The van der Waals surface area contributed by atoms with Gasteiger partial charge >= 0.3 is 6.18 Å². The van der Waals surface area contributed by atoms with Crippen molar-refractivity contribution >= 4 is 21.0 Å². The molecule has 0 unspecified atom stereocenters. The van der Waals surface area contributed by atoms with E-state index in [9.17, 15) is 26.4 Å². The highest BCUT2D eigenvalue weighted by Crippen LogP contribution is 2.44. The Kier molecular flexibility index (Phi) is 11.6. The van der Waals surface area contributed by atoms with E-state index in [-0.39, 0.29) is 52.8 Å². The lowest BCUT2D eigenvalue weighted by Gasteiger charge is -2.34. The zero-order chi connectivity index (χ0) is 36.9. The van der Waals surface area contributed by atoms with Gasteiger partial charge in [-0.1, -0.05) is 6.07 Å². The molecule has 0 amide bonds. The van der Waals surface area contributed by atoms with Gasteiger partial charge in [-0.05, 0) is 49.7 Å². The molecule has 0 atom stereocenters. The van der Waals surface area contributed by atoms with Gasteiger partial charge in [-0.15, -0.1) is 0 Å². The summed E-state index contributed by atoms with van der Waals surface area (Å²) in [4.78, 5) is 15.7. The number of alkyl halides is 3. The van der Waals surface area contributed by atoms with Crippen molar-refractivity contribution in [1.82, 2.24) is 9.21 Å². The minimum atomic E-state index is -4.65. The molecule has 16 heteroatoms. The number of hydrogen-bond acceptors (Lipinski definition) is 11. The molecular weight excluding hydrogens is 697 g/mol. The fourth-order valence-corrected chi connectivity index (χ4v) is 7.31. The van der Waals surface area contributed by atoms with E-state index in [4.69, 9.17) is 32.8 Å². The number of piperazine rings is 1. The quantitative estimate of drug-likeness (QED) is 0.148. The number of sulfonamides is 1. The molecule has 0 aliphatic carbocycles. The number of benzene rings is 3. The van der Waals surface area contributed by atoms with E-state index in [2.05, 4.69) is 4.90 Å². The Bertz CT molecular complexity index is 2000. The molecule has 1 fully saturated rings. The number of methoxy groups -OCH3 is 5. The first-order valence-corrected chi connectivity index (χ1v) is 17.4. The van der Waals surface area contributed by atoms with Crippen LogP contribution in [0.1, 0.15) is 18.4 Å². The molecule has 51 heavy (non-hydrogen) atoms. The highest BCUT2D eigenvalue weighted by molar-refractivity contribution is 7.89. The molecule has 1 saturated heterocycles. The molecule has 4 aromatic rings. The summed E-state index contributed by atoms with van der Waals surface area (Å²) < 4.78 is 107. The van der Waals surface area contributed by atoms with Gasteiger partial charge < -0.3 is 37.7 Å². The normalized spacial score (nSPS) is 14.4. The fraction of sp³-hybridized carbons (Fsp3) is 0.400. The van der Waals surface area contributed by atoms with Crippen LogP contribution in [-0.4, -0.2) is 92.5 Å². The Morgan fingerprint density at radius 2 is 1.45 bits per heavy atom. The third-order valence-corrected chi connectivity index (χ3v) is 10.4. The summed E-state index contributed by atoms with van der Waals surface area (Å²) in [5.74, 6) is 1.77. The van der Waals surface area contributed by atoms with Crippen LogP contribution in [0.25, 0.3) is 22.3 Å². The molecule has 0 spiro atoms. The molecule has 1 aromatic heterocycles. The summed E-state index contributed by atoms with van der Waals surface area (Å²) >= 11 is 0. The standard InChI is InChI=1S/C35H39F3N2O10S/c1-44-24-20-26(45-2)30-27(21-24)50-32(22-17-28(46-3)33(48-5)29(18-22)47-4)34(31(30)41)49-16-7-6-11-39-12-14-40(15-13-39)51(42,43)25-10-8-9-23(19-25)35(36,37)38/h8-10,17-21H,6-7,11-16H2,1-5H3. The van der Waals surface area contributed by atoms with Gasteiger partial charge in [-0.25, -0.2) is 8.42 Å². The number of halogens is 3. The van der Waals surface area contributed by atoms with Crippen LogP contribution in [0.4, 0.5) is 13.2 Å². The molecule has 0 saturated carbocycles. The minimum Gasteiger partial charge on any atom is -0.496 e. The molecule has 2 heterocycles. The van der Waals surface area contributed by atoms with E-state index in [0.717, 1.165) is 12.1 Å². The molecule has 0 bridgehead atoms. The molecule has 1 aliphatic heterocycles. The van der Waals surface area contributed by atoms with Gasteiger partial charge in [0.05, 0.1) is 52.6 Å². The van der Waals surface area contributed by atoms with E-state index in [1.165, 1.54) is 45.9 Å². The Hall–Kier alpha value is -4.67. The van der Waals surface area contributed by atoms with Crippen molar-refractivity contribution in [3.05, 3.63) is 64.3 Å². The maximum absolute atomic E-state index is 14.0. The van der Waals surface area contributed by atoms with E-state index in [0.29, 0.717) is 67.1 Å². The lowest BCUT2D eigenvalue weighted by atomic mass is 10.1.